The number of benzene rings is 2. The van der Waals surface area contributed by atoms with Crippen LogP contribution in [0.25, 0.3) is 0 Å². The van der Waals surface area contributed by atoms with E-state index in [2.05, 4.69) is 44.8 Å². The molecule has 1 saturated heterocycles. The number of carbonyl (C=O) groups is 1. The van der Waals surface area contributed by atoms with Crippen molar-refractivity contribution in [3.8, 4) is 11.5 Å². The minimum absolute atomic E-state index is 0.275. The molecule has 0 saturated carbocycles. The number of hydrogen-bond donors (Lipinski definition) is 2. The van der Waals surface area contributed by atoms with Gasteiger partial charge in [0, 0.05) is 31.6 Å². The van der Waals surface area contributed by atoms with Crippen LogP contribution in [0.15, 0.2) is 41.1 Å². The van der Waals surface area contributed by atoms with Gasteiger partial charge in [0.2, 0.25) is 5.27 Å². The van der Waals surface area contributed by atoms with Gasteiger partial charge >= 0.3 is 5.88 Å². The van der Waals surface area contributed by atoms with E-state index < -0.39 is 5.60 Å². The minimum Gasteiger partial charge on any atom is -0.507 e. The van der Waals surface area contributed by atoms with Crippen LogP contribution in [0.5, 0.6) is 11.5 Å². The van der Waals surface area contributed by atoms with Gasteiger partial charge in [-0.1, -0.05) is 30.3 Å². The van der Waals surface area contributed by atoms with E-state index in [-0.39, 0.29) is 11.8 Å². The molecule has 1 aromatic heterocycles. The number of amides is 1. The summed E-state index contributed by atoms with van der Waals surface area (Å²) in [6.07, 6.45) is 2.83. The van der Waals surface area contributed by atoms with Crippen molar-refractivity contribution in [2.45, 2.75) is 52.7 Å². The Hall–Kier alpha value is -3.59. The Bertz CT molecular complexity index is 1270. The van der Waals surface area contributed by atoms with Crippen LogP contribution in [0.4, 0.5) is 5.88 Å². The lowest BCUT2D eigenvalue weighted by Crippen LogP contribution is -2.65. The molecule has 1 unspecified atom stereocenters. The van der Waals surface area contributed by atoms with Crippen LogP contribution in [-0.4, -0.2) is 53.0 Å². The third kappa shape index (κ3) is 4.51. The highest BCUT2D eigenvalue weighted by molar-refractivity contribution is 5.96. The van der Waals surface area contributed by atoms with E-state index in [4.69, 9.17) is 9.26 Å². The number of ether oxygens (including phenoxy) is 1. The maximum absolute atomic E-state index is 13.2. The zero-order valence-electron chi connectivity index (χ0n) is 21.4. The molecule has 2 aliphatic rings. The number of nitrogens with zero attached hydrogens (tertiary/aromatic N) is 4. The van der Waals surface area contributed by atoms with E-state index >= 15 is 0 Å². The third-order valence-corrected chi connectivity index (χ3v) is 7.58. The van der Waals surface area contributed by atoms with E-state index in [0.29, 0.717) is 24.3 Å². The lowest BCUT2D eigenvalue weighted by molar-refractivity contribution is -0.759. The second kappa shape index (κ2) is 9.46. The van der Waals surface area contributed by atoms with Crippen LogP contribution >= 0.6 is 0 Å². The summed E-state index contributed by atoms with van der Waals surface area (Å²) in [5, 5.41) is 19.5. The maximum Gasteiger partial charge on any atom is 0.305 e. The number of carbonyl (C=O) groups excluding carboxylic acids is 1. The molecule has 0 radical (unpaired) electrons. The maximum atomic E-state index is 13.2. The molecule has 0 spiro atoms. The molecule has 5 rings (SSSR count). The number of rotatable bonds is 5. The van der Waals surface area contributed by atoms with Gasteiger partial charge in [-0.05, 0) is 56.4 Å². The topological polar surface area (TPSA) is 95.0 Å². The van der Waals surface area contributed by atoms with Crippen molar-refractivity contribution in [3.05, 3.63) is 64.3 Å². The van der Waals surface area contributed by atoms with Crippen molar-refractivity contribution >= 4 is 11.8 Å². The van der Waals surface area contributed by atoms with Gasteiger partial charge in [0.1, 0.15) is 11.5 Å². The number of fused-ring (bicyclic) bond motifs is 1. The zero-order chi connectivity index (χ0) is 25.4. The molecule has 0 aliphatic carbocycles. The SMILES string of the molecule is Cc1c(C)c2c(c(C)c1O)CCC(C)(C(=O)Nc1c[n+](N3CCN(Cc4ccccc4)CC3)no1)O2. The molecule has 2 aliphatic heterocycles. The summed E-state index contributed by atoms with van der Waals surface area (Å²) in [4.78, 5) is 17.3. The predicted molar refractivity (Wildman–Crippen MR) is 135 cm³/mol. The van der Waals surface area contributed by atoms with E-state index in [9.17, 15) is 9.90 Å². The lowest BCUT2D eigenvalue weighted by atomic mass is 9.86. The average Bonchev–Trinajstić information content (AvgIpc) is 3.35. The summed E-state index contributed by atoms with van der Waals surface area (Å²) in [6, 6.07) is 10.5. The van der Waals surface area contributed by atoms with Gasteiger partial charge in [-0.3, -0.25) is 19.5 Å². The Kier molecular flexibility index (Phi) is 6.34. The highest BCUT2D eigenvalue weighted by atomic mass is 16.5. The van der Waals surface area contributed by atoms with Crippen LogP contribution in [0.3, 0.4) is 0 Å². The summed E-state index contributed by atoms with van der Waals surface area (Å²) in [5.41, 5.74) is 3.66. The molecule has 36 heavy (non-hydrogen) atoms. The summed E-state index contributed by atoms with van der Waals surface area (Å²) in [5.74, 6) is 0.978. The minimum atomic E-state index is -1.06. The van der Waals surface area contributed by atoms with Gasteiger partial charge in [0.25, 0.3) is 12.1 Å². The van der Waals surface area contributed by atoms with Gasteiger partial charge < -0.3 is 9.84 Å². The molecule has 1 amide bonds. The smallest absolute Gasteiger partial charge is 0.305 e. The first-order chi connectivity index (χ1) is 17.2. The van der Waals surface area contributed by atoms with E-state index in [1.807, 2.05) is 26.8 Å². The highest BCUT2D eigenvalue weighted by Crippen LogP contribution is 2.43. The molecule has 1 fully saturated rings. The number of nitrogens with one attached hydrogen (secondary N) is 1. The van der Waals surface area contributed by atoms with Crippen molar-refractivity contribution in [3.63, 3.8) is 0 Å². The number of phenols is 1. The van der Waals surface area contributed by atoms with Gasteiger partial charge in [-0.25, -0.2) is 0 Å². The molecule has 190 valence electrons. The van der Waals surface area contributed by atoms with Gasteiger partial charge in [-0.2, -0.15) is 5.01 Å². The molecule has 2 N–H and O–H groups in total. The zero-order valence-corrected chi connectivity index (χ0v) is 21.4. The molecule has 1 atom stereocenters. The van der Waals surface area contributed by atoms with Crippen molar-refractivity contribution in [1.29, 1.82) is 0 Å². The molecule has 2 aromatic carbocycles. The van der Waals surface area contributed by atoms with Gasteiger partial charge in [0.15, 0.2) is 5.60 Å². The van der Waals surface area contributed by atoms with Crippen molar-refractivity contribution in [1.82, 2.24) is 10.2 Å². The van der Waals surface area contributed by atoms with Crippen molar-refractivity contribution in [2.24, 2.45) is 0 Å². The summed E-state index contributed by atoms with van der Waals surface area (Å²) >= 11 is 0. The largest absolute Gasteiger partial charge is 0.507 e. The number of phenolic OH excluding ortho intramolecular Hbond substituents is 1. The Balaban J connectivity index is 1.21. The first-order valence-electron chi connectivity index (χ1n) is 12.5. The quantitative estimate of drug-likeness (QED) is 0.529. The number of aromatic nitrogens is 2. The van der Waals surface area contributed by atoms with Crippen LogP contribution < -0.4 is 19.9 Å². The highest BCUT2D eigenvalue weighted by Gasteiger charge is 2.42. The molecular formula is C27H34N5O4+. The Morgan fingerprint density at radius 2 is 1.83 bits per heavy atom. The summed E-state index contributed by atoms with van der Waals surface area (Å²) < 4.78 is 11.7. The number of hydrogen-bond acceptors (Lipinski definition) is 7. The monoisotopic (exact) mass is 492 g/mol. The van der Waals surface area contributed by atoms with Gasteiger partial charge in [0.05, 0.1) is 17.9 Å². The van der Waals surface area contributed by atoms with Crippen LogP contribution in [-0.2, 0) is 17.8 Å². The standard InChI is InChI=1S/C27H33N5O4/c1-18-19(2)25-22(20(3)24(18)33)10-11-27(4,35-25)26(34)28-23-17-32(29-36-23)31-14-12-30(13-15-31)16-21-8-6-5-7-9-21/h5-9,17H,10-16H2,1-4H3,(H-,28,29,33,34)/p+1. The van der Waals surface area contributed by atoms with E-state index in [1.54, 1.807) is 17.9 Å². The van der Waals surface area contributed by atoms with Crippen LogP contribution in [0, 0.1) is 20.8 Å². The fourth-order valence-electron chi connectivity index (χ4n) is 5.02. The molecule has 3 aromatic rings. The number of piperazine rings is 1. The Labute approximate surface area is 211 Å². The Morgan fingerprint density at radius 1 is 1.11 bits per heavy atom. The first-order valence-corrected chi connectivity index (χ1v) is 12.5. The fourth-order valence-corrected chi connectivity index (χ4v) is 5.02. The van der Waals surface area contributed by atoms with Crippen LogP contribution in [0.2, 0.25) is 0 Å². The molecule has 9 nitrogen and oxygen atoms in total. The number of anilines is 1. The average molecular weight is 493 g/mol. The summed E-state index contributed by atoms with van der Waals surface area (Å²) in [7, 11) is 0. The first kappa shape index (κ1) is 24.1. The lowest BCUT2D eigenvalue weighted by Gasteiger charge is -2.36. The normalized spacial score (nSPS) is 20.1. The van der Waals surface area contributed by atoms with Crippen molar-refractivity contribution < 1.29 is 24.0 Å². The molecule has 0 bridgehead atoms. The predicted octanol–water partition coefficient (Wildman–Crippen LogP) is 2.77. The third-order valence-electron chi connectivity index (χ3n) is 7.58. The molecule has 9 heteroatoms. The summed E-state index contributed by atoms with van der Waals surface area (Å²) in [6.45, 7) is 11.8. The number of aromatic hydroxyl groups is 1. The molecular weight excluding hydrogens is 458 g/mol. The van der Waals surface area contributed by atoms with Crippen LogP contribution in [0.1, 0.15) is 41.2 Å². The second-order valence-electron chi connectivity index (χ2n) is 10.0. The Morgan fingerprint density at radius 3 is 2.56 bits per heavy atom. The second-order valence-corrected chi connectivity index (χ2v) is 10.0. The van der Waals surface area contributed by atoms with E-state index in [0.717, 1.165) is 55.0 Å². The van der Waals surface area contributed by atoms with E-state index in [1.165, 1.54) is 5.56 Å². The van der Waals surface area contributed by atoms with Crippen molar-refractivity contribution in [2.75, 3.05) is 36.5 Å². The fraction of sp³-hybridized carbons (Fsp3) is 0.444. The van der Waals surface area contributed by atoms with Gasteiger partial charge in [-0.15, -0.1) is 0 Å². The molecule has 3 heterocycles.